The lowest BCUT2D eigenvalue weighted by molar-refractivity contribution is -0.154. The second-order valence-corrected chi connectivity index (χ2v) is 9.23. The number of ether oxygens (including phenoxy) is 1. The quantitative estimate of drug-likeness (QED) is 0.562. The van der Waals surface area contributed by atoms with Crippen LogP contribution in [0.4, 0.5) is 20.5 Å². The molecular formula is C21H25F2N7O2. The summed E-state index contributed by atoms with van der Waals surface area (Å²) in [5, 5.41) is 25.7. The number of nitrogens with one attached hydrogen (secondary N) is 2. The van der Waals surface area contributed by atoms with E-state index in [1.54, 1.807) is 0 Å². The molecule has 3 N–H and O–H groups in total. The van der Waals surface area contributed by atoms with Crippen molar-refractivity contribution in [1.82, 2.24) is 19.9 Å². The lowest BCUT2D eigenvalue weighted by atomic mass is 9.48. The van der Waals surface area contributed by atoms with Crippen LogP contribution in [-0.4, -0.2) is 49.2 Å². The molecule has 1 spiro atoms. The lowest BCUT2D eigenvalue weighted by Gasteiger charge is -2.60. The summed E-state index contributed by atoms with van der Waals surface area (Å²) in [6.07, 6.45) is 7.56. The predicted octanol–water partition coefficient (Wildman–Crippen LogP) is 2.89. The number of anilines is 2. The fourth-order valence-electron chi connectivity index (χ4n) is 4.76. The number of hydrogen-bond donors (Lipinski definition) is 3. The van der Waals surface area contributed by atoms with Gasteiger partial charge in [0.15, 0.2) is 6.61 Å². The predicted molar refractivity (Wildman–Crippen MR) is 111 cm³/mol. The third-order valence-electron chi connectivity index (χ3n) is 5.77. The molecule has 11 heteroatoms. The van der Waals surface area contributed by atoms with E-state index in [4.69, 9.17) is 4.74 Å². The molecule has 2 heterocycles. The van der Waals surface area contributed by atoms with Gasteiger partial charge in [0, 0.05) is 25.7 Å². The van der Waals surface area contributed by atoms with Gasteiger partial charge in [-0.2, -0.15) is 10.2 Å². The minimum Gasteiger partial charge on any atom is -0.471 e. The summed E-state index contributed by atoms with van der Waals surface area (Å²) in [7, 11) is 0. The maximum atomic E-state index is 13.1. The van der Waals surface area contributed by atoms with E-state index in [-0.39, 0.29) is 29.8 Å². The smallest absolute Gasteiger partial charge is 0.278 e. The first-order chi connectivity index (χ1) is 15.1. The first kappa shape index (κ1) is 22.1. The van der Waals surface area contributed by atoms with E-state index >= 15 is 0 Å². The van der Waals surface area contributed by atoms with Gasteiger partial charge >= 0.3 is 0 Å². The van der Waals surface area contributed by atoms with Gasteiger partial charge < -0.3 is 20.5 Å². The van der Waals surface area contributed by atoms with Gasteiger partial charge in [0.05, 0.1) is 17.4 Å². The molecule has 32 heavy (non-hydrogen) atoms. The molecule has 2 aliphatic rings. The molecule has 170 valence electrons. The molecule has 0 unspecified atom stereocenters. The number of alkyl halides is 2. The van der Waals surface area contributed by atoms with Crippen molar-refractivity contribution < 1.29 is 18.6 Å². The van der Waals surface area contributed by atoms with Crippen molar-refractivity contribution in [3.05, 3.63) is 29.8 Å². The third kappa shape index (κ3) is 5.02. The van der Waals surface area contributed by atoms with Gasteiger partial charge in [-0.15, -0.1) is 0 Å². The minimum atomic E-state index is -2.98. The number of aliphatic hydroxyl groups is 1. The summed E-state index contributed by atoms with van der Waals surface area (Å²) in [4.78, 5) is 16.4. The highest BCUT2D eigenvalue weighted by molar-refractivity contribution is 5.54. The summed E-state index contributed by atoms with van der Waals surface area (Å²) < 4.78 is 31.3. The molecule has 0 aliphatic heterocycles. The lowest BCUT2D eigenvalue weighted by Crippen LogP contribution is -2.59. The maximum Gasteiger partial charge on any atom is 0.278 e. The highest BCUT2D eigenvalue weighted by atomic mass is 19.3. The molecule has 2 saturated carbocycles. The van der Waals surface area contributed by atoms with E-state index in [0.717, 1.165) is 32.6 Å². The van der Waals surface area contributed by atoms with E-state index in [1.165, 1.54) is 18.7 Å². The van der Waals surface area contributed by atoms with E-state index in [1.807, 2.05) is 6.92 Å². The van der Waals surface area contributed by atoms with Gasteiger partial charge in [0.1, 0.15) is 23.8 Å². The molecule has 9 nitrogen and oxygen atoms in total. The number of nitriles is 1. The first-order valence-corrected chi connectivity index (χ1v) is 10.4. The average Bonchev–Trinajstić information content (AvgIpc) is 2.68. The van der Waals surface area contributed by atoms with Crippen molar-refractivity contribution >= 4 is 11.8 Å². The SMILES string of the molecule is CC(F)(F)COc1ncncc1CNc1ncc(C#N)c(NC2CC3(C2)CC(C)(O)C3)n1. The van der Waals surface area contributed by atoms with Crippen molar-refractivity contribution in [2.24, 2.45) is 5.41 Å². The Morgan fingerprint density at radius 1 is 1.31 bits per heavy atom. The number of halogens is 2. The Kier molecular flexibility index (Phi) is 5.58. The van der Waals surface area contributed by atoms with Crippen LogP contribution < -0.4 is 15.4 Å². The fourth-order valence-corrected chi connectivity index (χ4v) is 4.76. The standard InChI is InChI=1S/C21H25F2N7O2/c1-19(31)9-21(10-19)3-15(4-21)29-16-13(5-24)7-26-18(30-16)27-8-14-6-25-12-28-17(14)32-11-20(2,22)23/h6-7,12,15,31H,3-4,8-11H2,1-2H3,(H2,26,27,29,30). The Hall–Kier alpha value is -3.13. The van der Waals surface area contributed by atoms with E-state index < -0.39 is 18.1 Å². The van der Waals surface area contributed by atoms with Crippen LogP contribution in [0, 0.1) is 16.7 Å². The molecule has 4 rings (SSSR count). The molecule has 0 aromatic carbocycles. The van der Waals surface area contributed by atoms with Crippen LogP contribution in [0.2, 0.25) is 0 Å². The summed E-state index contributed by atoms with van der Waals surface area (Å²) in [5.41, 5.74) is 0.429. The van der Waals surface area contributed by atoms with Crippen molar-refractivity contribution in [2.45, 2.75) is 63.6 Å². The summed E-state index contributed by atoms with van der Waals surface area (Å²) in [6, 6.07) is 2.27. The normalized spacial score (nSPS) is 26.6. The van der Waals surface area contributed by atoms with Crippen LogP contribution in [0.3, 0.4) is 0 Å². The molecule has 2 aromatic rings. The zero-order valence-corrected chi connectivity index (χ0v) is 17.9. The van der Waals surface area contributed by atoms with E-state index in [0.29, 0.717) is 16.9 Å². The summed E-state index contributed by atoms with van der Waals surface area (Å²) >= 11 is 0. The molecule has 2 aromatic heterocycles. The monoisotopic (exact) mass is 445 g/mol. The Labute approximate surface area is 184 Å². The van der Waals surface area contributed by atoms with E-state index in [9.17, 15) is 19.1 Å². The van der Waals surface area contributed by atoms with Gasteiger partial charge in [-0.3, -0.25) is 0 Å². The molecular weight excluding hydrogens is 420 g/mol. The van der Waals surface area contributed by atoms with Crippen LogP contribution in [0.5, 0.6) is 5.88 Å². The Morgan fingerprint density at radius 3 is 2.72 bits per heavy atom. The maximum absolute atomic E-state index is 13.1. The molecule has 0 radical (unpaired) electrons. The van der Waals surface area contributed by atoms with Gasteiger partial charge in [-0.25, -0.2) is 23.7 Å². The largest absolute Gasteiger partial charge is 0.471 e. The van der Waals surface area contributed by atoms with E-state index in [2.05, 4.69) is 36.6 Å². The highest BCUT2D eigenvalue weighted by Crippen LogP contribution is 2.60. The Bertz CT molecular complexity index is 1020. The van der Waals surface area contributed by atoms with Gasteiger partial charge in [-0.1, -0.05) is 0 Å². The number of hydrogen-bond acceptors (Lipinski definition) is 9. The topological polar surface area (TPSA) is 129 Å². The third-order valence-corrected chi connectivity index (χ3v) is 5.77. The average molecular weight is 445 g/mol. The molecule has 0 saturated heterocycles. The van der Waals surface area contributed by atoms with Gasteiger partial charge in [-0.05, 0) is 38.0 Å². The van der Waals surface area contributed by atoms with Gasteiger partial charge in [0.25, 0.3) is 5.92 Å². The van der Waals surface area contributed by atoms with Crippen LogP contribution >= 0.6 is 0 Å². The number of rotatable bonds is 8. The van der Waals surface area contributed by atoms with Crippen molar-refractivity contribution in [1.29, 1.82) is 5.26 Å². The number of aromatic nitrogens is 4. The fraction of sp³-hybridized carbons (Fsp3) is 0.571. The van der Waals surface area contributed by atoms with Crippen molar-refractivity contribution in [3.8, 4) is 11.9 Å². The zero-order valence-electron chi connectivity index (χ0n) is 17.9. The summed E-state index contributed by atoms with van der Waals surface area (Å²) in [5.74, 6) is -2.23. The van der Waals surface area contributed by atoms with Crippen LogP contribution in [-0.2, 0) is 6.54 Å². The minimum absolute atomic E-state index is 0.0529. The molecule has 0 bridgehead atoms. The molecule has 2 fully saturated rings. The second kappa shape index (κ2) is 8.09. The van der Waals surface area contributed by atoms with Crippen LogP contribution in [0.15, 0.2) is 18.7 Å². The Morgan fingerprint density at radius 2 is 2.06 bits per heavy atom. The first-order valence-electron chi connectivity index (χ1n) is 10.4. The molecule has 0 atom stereocenters. The van der Waals surface area contributed by atoms with Crippen molar-refractivity contribution in [3.63, 3.8) is 0 Å². The second-order valence-electron chi connectivity index (χ2n) is 9.23. The zero-order chi connectivity index (χ0) is 23.0. The highest BCUT2D eigenvalue weighted by Gasteiger charge is 2.57. The van der Waals surface area contributed by atoms with Crippen LogP contribution in [0.25, 0.3) is 0 Å². The van der Waals surface area contributed by atoms with Crippen LogP contribution in [0.1, 0.15) is 50.7 Å². The van der Waals surface area contributed by atoms with Gasteiger partial charge in [0.2, 0.25) is 11.8 Å². The molecule has 0 amide bonds. The number of nitrogens with zero attached hydrogens (tertiary/aromatic N) is 5. The Balaban J connectivity index is 1.38. The van der Waals surface area contributed by atoms with Crippen molar-refractivity contribution in [2.75, 3.05) is 17.2 Å². The molecule has 2 aliphatic carbocycles. The summed E-state index contributed by atoms with van der Waals surface area (Å²) in [6.45, 7) is 1.98.